The Morgan fingerprint density at radius 1 is 1.48 bits per heavy atom. The van der Waals surface area contributed by atoms with Crippen LogP contribution in [0.5, 0.6) is 0 Å². The smallest absolute Gasteiger partial charge is 0.376 e. The van der Waals surface area contributed by atoms with E-state index in [1.54, 1.807) is 18.3 Å². The van der Waals surface area contributed by atoms with Crippen molar-refractivity contribution in [1.29, 1.82) is 0 Å². The maximum Gasteiger partial charge on any atom is 0.376 e. The van der Waals surface area contributed by atoms with Crippen LogP contribution in [0.1, 0.15) is 59.8 Å². The maximum atomic E-state index is 12.0. The molecule has 2 aromatic rings. The molecule has 0 spiro atoms. The van der Waals surface area contributed by atoms with Gasteiger partial charge in [-0.2, -0.15) is 0 Å². The van der Waals surface area contributed by atoms with Crippen molar-refractivity contribution in [2.75, 3.05) is 6.61 Å². The van der Waals surface area contributed by atoms with Crippen LogP contribution in [0, 0.1) is 0 Å². The lowest BCUT2D eigenvalue weighted by molar-refractivity contribution is 0.0489. The number of thiophene rings is 1. The Balaban J connectivity index is 1.99. The second kappa shape index (κ2) is 5.64. The zero-order chi connectivity index (χ0) is 15.0. The van der Waals surface area contributed by atoms with Gasteiger partial charge in [-0.1, -0.05) is 13.8 Å². The van der Waals surface area contributed by atoms with Crippen LogP contribution in [0.15, 0.2) is 10.5 Å². The number of carbonyl (C=O) groups excluding carboxylic acids is 1. The molecule has 21 heavy (non-hydrogen) atoms. The van der Waals surface area contributed by atoms with Crippen LogP contribution in [-0.4, -0.2) is 17.6 Å². The number of aryl methyl sites for hydroxylation is 2. The van der Waals surface area contributed by atoms with E-state index in [4.69, 9.17) is 9.15 Å². The highest BCUT2D eigenvalue weighted by atomic mass is 32.1. The molecule has 0 fully saturated rings. The molecule has 0 saturated heterocycles. The van der Waals surface area contributed by atoms with E-state index in [0.29, 0.717) is 18.2 Å². The van der Waals surface area contributed by atoms with Crippen LogP contribution in [0.3, 0.4) is 0 Å². The van der Waals surface area contributed by atoms with Crippen LogP contribution in [0.2, 0.25) is 0 Å². The maximum absolute atomic E-state index is 12.0. The summed E-state index contributed by atoms with van der Waals surface area (Å²) in [6.07, 6.45) is 3.51. The average Bonchev–Trinajstić information content (AvgIpc) is 3.11. The molecule has 0 atom stereocenters. The highest BCUT2D eigenvalue weighted by Crippen LogP contribution is 2.37. The van der Waals surface area contributed by atoms with E-state index in [1.807, 2.05) is 13.8 Å². The first kappa shape index (κ1) is 14.3. The molecule has 1 aliphatic rings. The van der Waals surface area contributed by atoms with Gasteiger partial charge in [0.25, 0.3) is 0 Å². The number of esters is 1. The summed E-state index contributed by atoms with van der Waals surface area (Å²) in [5.74, 6) is 0.481. The first-order valence-corrected chi connectivity index (χ1v) is 8.21. The second-order valence-corrected chi connectivity index (χ2v) is 6.66. The van der Waals surface area contributed by atoms with Gasteiger partial charge in [-0.25, -0.2) is 9.78 Å². The summed E-state index contributed by atoms with van der Waals surface area (Å²) in [6, 6.07) is 2.15. The third-order valence-electron chi connectivity index (χ3n) is 3.62. The van der Waals surface area contributed by atoms with Gasteiger partial charge in [-0.15, -0.1) is 11.3 Å². The lowest BCUT2D eigenvalue weighted by atomic mass is 10.1. The van der Waals surface area contributed by atoms with Crippen molar-refractivity contribution in [3.05, 3.63) is 28.0 Å². The lowest BCUT2D eigenvalue weighted by Gasteiger charge is -2.02. The van der Waals surface area contributed by atoms with E-state index in [1.165, 1.54) is 16.9 Å². The summed E-state index contributed by atoms with van der Waals surface area (Å²) in [5, 5.41) is 0. The van der Waals surface area contributed by atoms with E-state index in [9.17, 15) is 4.79 Å². The summed E-state index contributed by atoms with van der Waals surface area (Å²) in [4.78, 5) is 19.0. The number of nitrogens with zero attached hydrogens (tertiary/aromatic N) is 1. The van der Waals surface area contributed by atoms with E-state index in [0.717, 1.165) is 17.7 Å². The second-order valence-electron chi connectivity index (χ2n) is 5.52. The minimum Gasteiger partial charge on any atom is -0.460 e. The molecule has 0 aromatic carbocycles. The topological polar surface area (TPSA) is 52.3 Å². The summed E-state index contributed by atoms with van der Waals surface area (Å²) in [7, 11) is 0. The molecule has 0 amide bonds. The Hall–Kier alpha value is -1.62. The van der Waals surface area contributed by atoms with Crippen LogP contribution in [0.4, 0.5) is 0 Å². The third kappa shape index (κ3) is 2.62. The molecule has 5 heteroatoms. The van der Waals surface area contributed by atoms with E-state index >= 15 is 0 Å². The minimum absolute atomic E-state index is 0.119. The van der Waals surface area contributed by atoms with Crippen molar-refractivity contribution in [1.82, 2.24) is 4.98 Å². The Morgan fingerprint density at radius 3 is 2.95 bits per heavy atom. The first-order valence-electron chi connectivity index (χ1n) is 7.40. The van der Waals surface area contributed by atoms with Crippen LogP contribution >= 0.6 is 11.3 Å². The third-order valence-corrected chi connectivity index (χ3v) is 4.84. The number of hydrogen-bond donors (Lipinski definition) is 0. The highest BCUT2D eigenvalue weighted by Gasteiger charge is 2.26. The number of fused-ring (bicyclic) bond motifs is 1. The standard InChI is InChI=1S/C16H19NO3S/c1-4-19-16(18)14-13(9(2)3)17-15(20-14)12-8-10-6-5-7-11(10)21-12/h8-9H,4-7H2,1-3H3. The average molecular weight is 305 g/mol. The van der Waals surface area contributed by atoms with Crippen LogP contribution < -0.4 is 0 Å². The van der Waals surface area contributed by atoms with Crippen LogP contribution in [0.25, 0.3) is 10.8 Å². The van der Waals surface area contributed by atoms with Gasteiger partial charge < -0.3 is 9.15 Å². The Kier molecular flexibility index (Phi) is 3.85. The van der Waals surface area contributed by atoms with Gasteiger partial charge in [0.1, 0.15) is 0 Å². The number of oxazole rings is 1. The highest BCUT2D eigenvalue weighted by molar-refractivity contribution is 7.15. The largest absolute Gasteiger partial charge is 0.460 e. The monoisotopic (exact) mass is 305 g/mol. The van der Waals surface area contributed by atoms with E-state index in [-0.39, 0.29) is 11.7 Å². The zero-order valence-electron chi connectivity index (χ0n) is 12.6. The van der Waals surface area contributed by atoms with Crippen molar-refractivity contribution < 1.29 is 13.9 Å². The van der Waals surface area contributed by atoms with Gasteiger partial charge in [-0.05, 0) is 43.7 Å². The zero-order valence-corrected chi connectivity index (χ0v) is 13.4. The molecule has 112 valence electrons. The molecule has 0 radical (unpaired) electrons. The van der Waals surface area contributed by atoms with Gasteiger partial charge in [0.05, 0.1) is 17.2 Å². The number of ether oxygens (including phenoxy) is 1. The van der Waals surface area contributed by atoms with E-state index in [2.05, 4.69) is 11.1 Å². The van der Waals surface area contributed by atoms with Gasteiger partial charge in [0.2, 0.25) is 11.7 Å². The first-order chi connectivity index (χ1) is 10.1. The summed E-state index contributed by atoms with van der Waals surface area (Å²) < 4.78 is 10.8. The van der Waals surface area contributed by atoms with E-state index < -0.39 is 5.97 Å². The number of rotatable bonds is 4. The number of hydrogen-bond acceptors (Lipinski definition) is 5. The molecule has 0 N–H and O–H groups in total. The van der Waals surface area contributed by atoms with Gasteiger partial charge in [0.15, 0.2) is 0 Å². The Morgan fingerprint density at radius 2 is 2.29 bits per heavy atom. The molecule has 0 saturated carbocycles. The summed E-state index contributed by atoms with van der Waals surface area (Å²) in [6.45, 7) is 6.12. The predicted molar refractivity (Wildman–Crippen MR) is 81.9 cm³/mol. The molecule has 0 unspecified atom stereocenters. The van der Waals surface area contributed by atoms with Crippen molar-refractivity contribution in [3.8, 4) is 10.8 Å². The molecule has 2 heterocycles. The molecule has 1 aliphatic carbocycles. The summed E-state index contributed by atoms with van der Waals surface area (Å²) in [5.41, 5.74) is 2.08. The van der Waals surface area contributed by atoms with Crippen molar-refractivity contribution in [3.63, 3.8) is 0 Å². The summed E-state index contributed by atoms with van der Waals surface area (Å²) >= 11 is 1.73. The van der Waals surface area contributed by atoms with Gasteiger partial charge in [0, 0.05) is 4.88 Å². The SMILES string of the molecule is CCOC(=O)c1oc(-c2cc3c(s2)CCC3)nc1C(C)C. The van der Waals surface area contributed by atoms with Crippen molar-refractivity contribution >= 4 is 17.3 Å². The Labute approximate surface area is 128 Å². The molecular weight excluding hydrogens is 286 g/mol. The normalized spacial score (nSPS) is 13.7. The lowest BCUT2D eigenvalue weighted by Crippen LogP contribution is -2.07. The van der Waals surface area contributed by atoms with Crippen molar-refractivity contribution in [2.45, 2.75) is 46.0 Å². The minimum atomic E-state index is -0.427. The fraction of sp³-hybridized carbons (Fsp3) is 0.500. The van der Waals surface area contributed by atoms with Crippen molar-refractivity contribution in [2.24, 2.45) is 0 Å². The van der Waals surface area contributed by atoms with Gasteiger partial charge in [-0.3, -0.25) is 0 Å². The molecule has 2 aromatic heterocycles. The molecule has 0 aliphatic heterocycles. The molecule has 0 bridgehead atoms. The molecular formula is C16H19NO3S. The fourth-order valence-electron chi connectivity index (χ4n) is 2.61. The number of aromatic nitrogens is 1. The quantitative estimate of drug-likeness (QED) is 0.795. The predicted octanol–water partition coefficient (Wildman–Crippen LogP) is 4.19. The molecule has 4 nitrogen and oxygen atoms in total. The fourth-order valence-corrected chi connectivity index (χ4v) is 3.79. The van der Waals surface area contributed by atoms with Crippen LogP contribution in [-0.2, 0) is 17.6 Å². The number of carbonyl (C=O) groups is 1. The van der Waals surface area contributed by atoms with Gasteiger partial charge >= 0.3 is 5.97 Å². The molecule has 3 rings (SSSR count). The Bertz CT molecular complexity index is 648.